The number of likely N-dealkylation sites (N-methyl/N-ethyl adjacent to an activating group) is 1. The molecule has 3 heterocycles. The van der Waals surface area contributed by atoms with Gasteiger partial charge >= 0.3 is 0 Å². The lowest BCUT2D eigenvalue weighted by atomic mass is 10.1. The van der Waals surface area contributed by atoms with Crippen molar-refractivity contribution >= 4 is 38.4 Å². The summed E-state index contributed by atoms with van der Waals surface area (Å²) in [6.07, 6.45) is 2.74. The molecule has 0 spiro atoms. The fraction of sp³-hybridized carbons (Fsp3) is 0.241. The number of nitrogens with zero attached hydrogens (tertiary/aromatic N) is 2. The van der Waals surface area contributed by atoms with Crippen molar-refractivity contribution in [3.63, 3.8) is 0 Å². The molecule has 0 saturated carbocycles. The van der Waals surface area contributed by atoms with Gasteiger partial charge in [-0.05, 0) is 43.3 Å². The van der Waals surface area contributed by atoms with Gasteiger partial charge in [-0.15, -0.1) is 11.3 Å². The minimum absolute atomic E-state index is 0.0676. The Morgan fingerprint density at radius 1 is 1.21 bits per heavy atom. The average molecular weight is 533 g/mol. The Bertz CT molecular complexity index is 1690. The fourth-order valence-corrected chi connectivity index (χ4v) is 6.21. The number of H-pyrrole nitrogens is 1. The molecule has 9 heteroatoms. The van der Waals surface area contributed by atoms with Crippen LogP contribution in [0.5, 0.6) is 0 Å². The van der Waals surface area contributed by atoms with Crippen LogP contribution in [0.1, 0.15) is 38.0 Å². The lowest BCUT2D eigenvalue weighted by Gasteiger charge is -2.20. The first kappa shape index (κ1) is 25.8. The van der Waals surface area contributed by atoms with Gasteiger partial charge in [0, 0.05) is 60.4 Å². The summed E-state index contributed by atoms with van der Waals surface area (Å²) in [6.45, 7) is 3.14. The number of aromatic nitrogens is 2. The third-order valence-electron chi connectivity index (χ3n) is 6.83. The van der Waals surface area contributed by atoms with E-state index in [1.54, 1.807) is 18.3 Å². The van der Waals surface area contributed by atoms with E-state index in [1.165, 1.54) is 23.5 Å². The fourth-order valence-electron chi connectivity index (χ4n) is 4.83. The smallest absolute Gasteiger partial charge is 0.257 e. The minimum atomic E-state index is -0.673. The maximum Gasteiger partial charge on any atom is 0.257 e. The second kappa shape index (κ2) is 10.5. The van der Waals surface area contributed by atoms with Gasteiger partial charge in [0.2, 0.25) is 5.43 Å². The van der Waals surface area contributed by atoms with Crippen molar-refractivity contribution in [2.45, 2.75) is 26.1 Å². The number of benzene rings is 2. The number of pyridine rings is 1. The standard InChI is InChI=1S/C29H29FN4O3S/c1-17-25(16-33(2)15-24(35)21-13-31-23-7-5-4-6-20(21)23)38-28-26(17)34(3)14-22(27(28)36)29(37)32-12-18-8-10-19(30)11-9-18/h4-11,13-14,24,31,35H,12,15-16H2,1-3H3,(H,32,37). The van der Waals surface area contributed by atoms with Gasteiger partial charge in [-0.1, -0.05) is 30.3 Å². The summed E-state index contributed by atoms with van der Waals surface area (Å²) in [5, 5.41) is 14.7. The van der Waals surface area contributed by atoms with Crippen molar-refractivity contribution in [3.05, 3.63) is 104 Å². The average Bonchev–Trinajstić information content (AvgIpc) is 3.47. The minimum Gasteiger partial charge on any atom is -0.387 e. The van der Waals surface area contributed by atoms with Crippen LogP contribution in [0.15, 0.2) is 65.7 Å². The molecule has 1 amide bonds. The molecular formula is C29H29FN4O3S. The molecule has 5 rings (SSSR count). The normalized spacial score (nSPS) is 12.5. The van der Waals surface area contributed by atoms with Crippen LogP contribution in [0.2, 0.25) is 0 Å². The molecule has 1 unspecified atom stereocenters. The van der Waals surface area contributed by atoms with Crippen molar-refractivity contribution < 1.29 is 14.3 Å². The lowest BCUT2D eigenvalue weighted by molar-refractivity contribution is 0.0949. The number of fused-ring (bicyclic) bond motifs is 2. The van der Waals surface area contributed by atoms with E-state index in [9.17, 15) is 19.1 Å². The molecule has 5 aromatic rings. The monoisotopic (exact) mass is 532 g/mol. The number of nitrogens with one attached hydrogen (secondary N) is 2. The number of hydrogen-bond acceptors (Lipinski definition) is 5. The Hall–Kier alpha value is -3.79. The van der Waals surface area contributed by atoms with Crippen LogP contribution < -0.4 is 10.7 Å². The Labute approximate surface area is 223 Å². The number of amides is 1. The van der Waals surface area contributed by atoms with E-state index in [1.807, 2.05) is 60.9 Å². The highest BCUT2D eigenvalue weighted by Gasteiger charge is 2.21. The zero-order chi connectivity index (χ0) is 27.0. The van der Waals surface area contributed by atoms with Gasteiger partial charge in [0.15, 0.2) is 0 Å². The summed E-state index contributed by atoms with van der Waals surface area (Å²) in [6, 6.07) is 13.7. The molecular weight excluding hydrogens is 503 g/mol. The molecule has 3 aromatic heterocycles. The van der Waals surface area contributed by atoms with E-state index < -0.39 is 12.0 Å². The number of aryl methyl sites for hydroxylation is 2. The van der Waals surface area contributed by atoms with Crippen LogP contribution in [0.25, 0.3) is 21.1 Å². The number of hydrogen-bond donors (Lipinski definition) is 3. The number of carbonyl (C=O) groups excluding carboxylic acids is 1. The summed E-state index contributed by atoms with van der Waals surface area (Å²) in [7, 11) is 3.76. The zero-order valence-electron chi connectivity index (χ0n) is 21.4. The molecule has 196 valence electrons. The number of carbonyl (C=O) groups is 1. The quantitative estimate of drug-likeness (QED) is 0.272. The Balaban J connectivity index is 1.34. The van der Waals surface area contributed by atoms with Gasteiger partial charge in [-0.25, -0.2) is 4.39 Å². The maximum atomic E-state index is 13.3. The lowest BCUT2D eigenvalue weighted by Crippen LogP contribution is -2.29. The second-order valence-corrected chi connectivity index (χ2v) is 10.7. The molecule has 0 fully saturated rings. The highest BCUT2D eigenvalue weighted by molar-refractivity contribution is 7.19. The van der Waals surface area contributed by atoms with Crippen molar-refractivity contribution in [3.8, 4) is 0 Å². The van der Waals surface area contributed by atoms with Gasteiger partial charge in [-0.3, -0.25) is 14.5 Å². The summed E-state index contributed by atoms with van der Waals surface area (Å²) in [4.78, 5) is 32.4. The van der Waals surface area contributed by atoms with E-state index in [4.69, 9.17) is 0 Å². The van der Waals surface area contributed by atoms with Gasteiger partial charge in [0.25, 0.3) is 5.91 Å². The van der Waals surface area contributed by atoms with Crippen LogP contribution in [-0.4, -0.2) is 39.1 Å². The van der Waals surface area contributed by atoms with Gasteiger partial charge in [0.05, 0.1) is 16.3 Å². The highest BCUT2D eigenvalue weighted by Crippen LogP contribution is 2.31. The molecule has 0 aliphatic heterocycles. The van der Waals surface area contributed by atoms with E-state index in [0.717, 1.165) is 38.0 Å². The van der Waals surface area contributed by atoms with E-state index in [0.29, 0.717) is 17.8 Å². The maximum absolute atomic E-state index is 13.3. The third kappa shape index (κ3) is 5.00. The second-order valence-electron chi connectivity index (χ2n) is 9.62. The van der Waals surface area contributed by atoms with Crippen molar-refractivity contribution in [2.75, 3.05) is 13.6 Å². The Morgan fingerprint density at radius 3 is 2.71 bits per heavy atom. The highest BCUT2D eigenvalue weighted by atomic mass is 32.1. The number of rotatable bonds is 8. The molecule has 2 aromatic carbocycles. The third-order valence-corrected chi connectivity index (χ3v) is 8.09. The molecule has 0 aliphatic rings. The van der Waals surface area contributed by atoms with Crippen LogP contribution in [0, 0.1) is 12.7 Å². The Kier molecular flexibility index (Phi) is 7.16. The van der Waals surface area contributed by atoms with Crippen LogP contribution in [0.4, 0.5) is 4.39 Å². The van der Waals surface area contributed by atoms with Crippen LogP contribution >= 0.6 is 11.3 Å². The first-order valence-electron chi connectivity index (χ1n) is 12.3. The topological polar surface area (TPSA) is 90.4 Å². The molecule has 38 heavy (non-hydrogen) atoms. The first-order chi connectivity index (χ1) is 18.2. The molecule has 3 N–H and O–H groups in total. The predicted molar refractivity (Wildman–Crippen MR) is 149 cm³/mol. The number of thiophene rings is 1. The molecule has 1 atom stereocenters. The number of halogens is 1. The summed E-state index contributed by atoms with van der Waals surface area (Å²) in [5.74, 6) is -0.815. The van der Waals surface area contributed by atoms with Crippen LogP contribution in [0.3, 0.4) is 0 Å². The van der Waals surface area contributed by atoms with Crippen molar-refractivity contribution in [1.29, 1.82) is 0 Å². The Morgan fingerprint density at radius 2 is 1.95 bits per heavy atom. The van der Waals surface area contributed by atoms with Gasteiger partial charge in [0.1, 0.15) is 11.4 Å². The van der Waals surface area contributed by atoms with Gasteiger partial charge < -0.3 is 20.0 Å². The number of para-hydroxylation sites is 1. The molecule has 0 radical (unpaired) electrons. The van der Waals surface area contributed by atoms with E-state index in [2.05, 4.69) is 10.3 Å². The summed E-state index contributed by atoms with van der Waals surface area (Å²) in [5.41, 5.74) is 4.12. The SMILES string of the molecule is Cc1c(CN(C)CC(O)c2c[nH]c3ccccc23)sc2c(=O)c(C(=O)NCc3ccc(F)cc3)cn(C)c12. The number of aliphatic hydroxyl groups excluding tert-OH is 1. The number of aliphatic hydroxyl groups is 1. The van der Waals surface area contributed by atoms with Gasteiger partial charge in [-0.2, -0.15) is 0 Å². The first-order valence-corrected chi connectivity index (χ1v) is 13.1. The molecule has 7 nitrogen and oxygen atoms in total. The number of aromatic amines is 1. The summed E-state index contributed by atoms with van der Waals surface area (Å²) < 4.78 is 15.5. The van der Waals surface area contributed by atoms with Crippen LogP contribution in [-0.2, 0) is 20.1 Å². The molecule has 0 bridgehead atoms. The van der Waals surface area contributed by atoms with Crippen molar-refractivity contribution in [1.82, 2.24) is 19.8 Å². The summed E-state index contributed by atoms with van der Waals surface area (Å²) >= 11 is 1.38. The van der Waals surface area contributed by atoms with E-state index in [-0.39, 0.29) is 23.4 Å². The largest absolute Gasteiger partial charge is 0.387 e. The predicted octanol–water partition coefficient (Wildman–Crippen LogP) is 4.62. The molecule has 0 saturated heterocycles. The van der Waals surface area contributed by atoms with Crippen molar-refractivity contribution in [2.24, 2.45) is 7.05 Å². The molecule has 0 aliphatic carbocycles. The van der Waals surface area contributed by atoms with E-state index >= 15 is 0 Å². The zero-order valence-corrected chi connectivity index (χ0v) is 22.2.